The number of hydrogen-bond donors (Lipinski definition) is 0. The Kier molecular flexibility index (Phi) is 4.45. The maximum Gasteiger partial charge on any atom is 0.255 e. The third-order valence-corrected chi connectivity index (χ3v) is 6.20. The molecule has 1 amide bonds. The first kappa shape index (κ1) is 16.5. The molecule has 0 radical (unpaired) electrons. The molecule has 1 saturated heterocycles. The quantitative estimate of drug-likeness (QED) is 0.823. The van der Waals surface area contributed by atoms with Gasteiger partial charge in [-0.1, -0.05) is 12.8 Å². The van der Waals surface area contributed by atoms with Gasteiger partial charge in [-0.05, 0) is 63.6 Å². The maximum absolute atomic E-state index is 13.3. The van der Waals surface area contributed by atoms with Crippen LogP contribution in [0.25, 0.3) is 0 Å². The molecule has 134 valence electrons. The molecule has 0 N–H and O–H groups in total. The van der Waals surface area contributed by atoms with E-state index in [1.165, 1.54) is 32.1 Å². The standard InChI is InChI=1S/C21H28N2O2/c1-15-13-19(16(2)23(15)14-18-9-6-12-25-18)21(24)22-11-5-8-17-7-3-4-10-20(17)22/h6,9,12-13,17,20H,3-5,7-8,10-11,14H2,1-2H3. The molecule has 2 aromatic rings. The lowest BCUT2D eigenvalue weighted by Gasteiger charge is -2.44. The van der Waals surface area contributed by atoms with E-state index in [1.54, 1.807) is 6.26 Å². The first-order valence-electron chi connectivity index (χ1n) is 9.65. The molecule has 0 bridgehead atoms. The van der Waals surface area contributed by atoms with Crippen LogP contribution in [0.5, 0.6) is 0 Å². The predicted molar refractivity (Wildman–Crippen MR) is 97.7 cm³/mol. The van der Waals surface area contributed by atoms with Crippen LogP contribution in [0.15, 0.2) is 28.9 Å². The summed E-state index contributed by atoms with van der Waals surface area (Å²) in [6.07, 6.45) is 9.23. The molecule has 3 heterocycles. The van der Waals surface area contributed by atoms with Crippen molar-refractivity contribution in [1.29, 1.82) is 0 Å². The molecule has 1 saturated carbocycles. The van der Waals surface area contributed by atoms with Crippen molar-refractivity contribution in [2.45, 2.75) is 65.0 Å². The highest BCUT2D eigenvalue weighted by atomic mass is 16.3. The van der Waals surface area contributed by atoms with Gasteiger partial charge in [0, 0.05) is 24.0 Å². The number of likely N-dealkylation sites (tertiary alicyclic amines) is 1. The lowest BCUT2D eigenvalue weighted by molar-refractivity contribution is 0.0390. The number of nitrogens with zero attached hydrogens (tertiary/aromatic N) is 2. The molecule has 1 aliphatic heterocycles. The van der Waals surface area contributed by atoms with Crippen LogP contribution in [0.1, 0.15) is 66.0 Å². The Morgan fingerprint density at radius 1 is 1.20 bits per heavy atom. The van der Waals surface area contributed by atoms with Gasteiger partial charge in [0.25, 0.3) is 5.91 Å². The summed E-state index contributed by atoms with van der Waals surface area (Å²) in [5.41, 5.74) is 3.04. The monoisotopic (exact) mass is 340 g/mol. The Morgan fingerprint density at radius 3 is 2.80 bits per heavy atom. The largest absolute Gasteiger partial charge is 0.467 e. The molecule has 2 aliphatic rings. The third kappa shape index (κ3) is 3.03. The van der Waals surface area contributed by atoms with Crippen LogP contribution in [-0.2, 0) is 6.54 Å². The van der Waals surface area contributed by atoms with Gasteiger partial charge in [-0.2, -0.15) is 0 Å². The van der Waals surface area contributed by atoms with Crippen molar-refractivity contribution in [3.05, 3.63) is 47.2 Å². The lowest BCUT2D eigenvalue weighted by atomic mass is 9.78. The highest BCUT2D eigenvalue weighted by Crippen LogP contribution is 2.36. The van der Waals surface area contributed by atoms with Gasteiger partial charge in [0.05, 0.1) is 18.4 Å². The van der Waals surface area contributed by atoms with E-state index >= 15 is 0 Å². The SMILES string of the molecule is Cc1cc(C(=O)N2CCCC3CCCCC32)c(C)n1Cc1ccco1. The van der Waals surface area contributed by atoms with E-state index in [2.05, 4.69) is 29.4 Å². The summed E-state index contributed by atoms with van der Waals surface area (Å²) in [5.74, 6) is 1.87. The summed E-state index contributed by atoms with van der Waals surface area (Å²) in [7, 11) is 0. The average Bonchev–Trinajstić information content (AvgIpc) is 3.24. The molecule has 2 aromatic heterocycles. The van der Waals surface area contributed by atoms with E-state index in [9.17, 15) is 4.79 Å². The summed E-state index contributed by atoms with van der Waals surface area (Å²) >= 11 is 0. The van der Waals surface area contributed by atoms with Gasteiger partial charge in [0.15, 0.2) is 0 Å². The van der Waals surface area contributed by atoms with E-state index < -0.39 is 0 Å². The Morgan fingerprint density at radius 2 is 2.00 bits per heavy atom. The number of carbonyl (C=O) groups excluding carboxylic acids is 1. The molecule has 2 unspecified atom stereocenters. The summed E-state index contributed by atoms with van der Waals surface area (Å²) in [6, 6.07) is 6.42. The van der Waals surface area contributed by atoms with Crippen molar-refractivity contribution in [3.63, 3.8) is 0 Å². The number of aromatic nitrogens is 1. The minimum absolute atomic E-state index is 0.232. The minimum Gasteiger partial charge on any atom is -0.467 e. The fourth-order valence-electron chi connectivity index (χ4n) is 4.85. The first-order valence-corrected chi connectivity index (χ1v) is 9.65. The summed E-state index contributed by atoms with van der Waals surface area (Å²) in [6.45, 7) is 5.74. The number of rotatable bonds is 3. The van der Waals surface area contributed by atoms with Crippen molar-refractivity contribution in [3.8, 4) is 0 Å². The molecule has 2 fully saturated rings. The maximum atomic E-state index is 13.3. The summed E-state index contributed by atoms with van der Waals surface area (Å²) in [5, 5.41) is 0. The fraction of sp³-hybridized carbons (Fsp3) is 0.571. The van der Waals surface area contributed by atoms with Crippen LogP contribution in [0.4, 0.5) is 0 Å². The fourth-order valence-corrected chi connectivity index (χ4v) is 4.85. The molecule has 4 rings (SSSR count). The van der Waals surface area contributed by atoms with Crippen LogP contribution in [0.3, 0.4) is 0 Å². The van der Waals surface area contributed by atoms with Crippen LogP contribution < -0.4 is 0 Å². The minimum atomic E-state index is 0.232. The van der Waals surface area contributed by atoms with E-state index in [4.69, 9.17) is 4.42 Å². The molecule has 4 heteroatoms. The van der Waals surface area contributed by atoms with Gasteiger partial charge in [-0.25, -0.2) is 0 Å². The number of piperidine rings is 1. The van der Waals surface area contributed by atoms with Gasteiger partial charge in [-0.3, -0.25) is 4.79 Å². The number of aryl methyl sites for hydroxylation is 1. The Labute approximate surface area is 149 Å². The molecular weight excluding hydrogens is 312 g/mol. The zero-order chi connectivity index (χ0) is 17.4. The van der Waals surface area contributed by atoms with Crippen LogP contribution in [0.2, 0.25) is 0 Å². The van der Waals surface area contributed by atoms with E-state index in [1.807, 2.05) is 12.1 Å². The average molecular weight is 340 g/mol. The smallest absolute Gasteiger partial charge is 0.255 e. The van der Waals surface area contributed by atoms with Crippen molar-refractivity contribution in [1.82, 2.24) is 9.47 Å². The Bertz CT molecular complexity index is 742. The molecule has 4 nitrogen and oxygen atoms in total. The molecule has 0 aromatic carbocycles. The number of fused-ring (bicyclic) bond motifs is 1. The molecule has 1 aliphatic carbocycles. The second-order valence-electron chi connectivity index (χ2n) is 7.70. The summed E-state index contributed by atoms with van der Waals surface area (Å²) in [4.78, 5) is 15.5. The van der Waals surface area contributed by atoms with Gasteiger partial charge >= 0.3 is 0 Å². The van der Waals surface area contributed by atoms with Gasteiger partial charge in [0.2, 0.25) is 0 Å². The molecule has 0 spiro atoms. The zero-order valence-electron chi connectivity index (χ0n) is 15.3. The molecular formula is C21H28N2O2. The topological polar surface area (TPSA) is 38.4 Å². The number of furan rings is 1. The van der Waals surface area contributed by atoms with Crippen LogP contribution in [0, 0.1) is 19.8 Å². The normalized spacial score (nSPS) is 23.5. The third-order valence-electron chi connectivity index (χ3n) is 6.20. The predicted octanol–water partition coefficient (Wildman–Crippen LogP) is 4.54. The van der Waals surface area contributed by atoms with Crippen LogP contribution >= 0.6 is 0 Å². The van der Waals surface area contributed by atoms with Gasteiger partial charge < -0.3 is 13.9 Å². The Balaban J connectivity index is 1.59. The van der Waals surface area contributed by atoms with Crippen molar-refractivity contribution in [2.24, 2.45) is 5.92 Å². The number of hydrogen-bond acceptors (Lipinski definition) is 2. The summed E-state index contributed by atoms with van der Waals surface area (Å²) < 4.78 is 7.68. The zero-order valence-corrected chi connectivity index (χ0v) is 15.3. The second kappa shape index (κ2) is 6.74. The highest BCUT2D eigenvalue weighted by molar-refractivity contribution is 5.96. The molecule has 2 atom stereocenters. The second-order valence-corrected chi connectivity index (χ2v) is 7.70. The van der Waals surface area contributed by atoms with E-state index in [-0.39, 0.29) is 5.91 Å². The van der Waals surface area contributed by atoms with Crippen molar-refractivity contribution < 1.29 is 9.21 Å². The highest BCUT2D eigenvalue weighted by Gasteiger charge is 2.36. The van der Waals surface area contributed by atoms with Gasteiger partial charge in [-0.15, -0.1) is 0 Å². The van der Waals surface area contributed by atoms with E-state index in [0.29, 0.717) is 12.6 Å². The lowest BCUT2D eigenvalue weighted by Crippen LogP contribution is -2.49. The van der Waals surface area contributed by atoms with Crippen molar-refractivity contribution in [2.75, 3.05) is 6.54 Å². The number of carbonyl (C=O) groups is 1. The van der Waals surface area contributed by atoms with Crippen LogP contribution in [-0.4, -0.2) is 28.0 Å². The first-order chi connectivity index (χ1) is 12.1. The Hall–Kier alpha value is -1.97. The molecule has 25 heavy (non-hydrogen) atoms. The van der Waals surface area contributed by atoms with Gasteiger partial charge in [0.1, 0.15) is 5.76 Å². The van der Waals surface area contributed by atoms with E-state index in [0.717, 1.165) is 41.6 Å². The van der Waals surface area contributed by atoms with Crippen molar-refractivity contribution >= 4 is 5.91 Å². The number of amides is 1.